The highest BCUT2D eigenvalue weighted by Crippen LogP contribution is 2.44. The molecule has 2 atom stereocenters. The first kappa shape index (κ1) is 40.2. The topological polar surface area (TPSA) is 138 Å². The summed E-state index contributed by atoms with van der Waals surface area (Å²) in [6.45, 7) is 9.34. The second-order valence-corrected chi connectivity index (χ2v) is 17.3. The van der Waals surface area contributed by atoms with Gasteiger partial charge in [0.1, 0.15) is 5.75 Å². The molecule has 4 aromatic carbocycles. The van der Waals surface area contributed by atoms with Crippen molar-refractivity contribution in [1.29, 1.82) is 0 Å². The van der Waals surface area contributed by atoms with Gasteiger partial charge in [-0.05, 0) is 75.9 Å². The summed E-state index contributed by atoms with van der Waals surface area (Å²) in [7, 11) is 4.78. The van der Waals surface area contributed by atoms with Gasteiger partial charge >= 0.3 is 0 Å². The van der Waals surface area contributed by atoms with E-state index in [2.05, 4.69) is 27.7 Å². The summed E-state index contributed by atoms with van der Waals surface area (Å²) >= 11 is 0. The van der Waals surface area contributed by atoms with Crippen LogP contribution in [0.5, 0.6) is 28.7 Å². The average molecular weight is 810 g/mol. The van der Waals surface area contributed by atoms with Crippen molar-refractivity contribution >= 4 is 52.5 Å². The molecule has 0 aromatic heterocycles. The second-order valence-electron chi connectivity index (χ2n) is 17.3. The number of rotatable bonds is 13. The molecular formula is C48H51N5O7. The molecule has 0 bridgehead atoms. The third kappa shape index (κ3) is 8.06. The van der Waals surface area contributed by atoms with E-state index in [0.29, 0.717) is 77.2 Å². The van der Waals surface area contributed by atoms with E-state index in [1.807, 2.05) is 73.4 Å². The van der Waals surface area contributed by atoms with Crippen LogP contribution in [0.2, 0.25) is 0 Å². The predicted octanol–water partition coefficient (Wildman–Crippen LogP) is 9.14. The molecule has 0 radical (unpaired) electrons. The minimum atomic E-state index is -0.297. The molecule has 310 valence electrons. The summed E-state index contributed by atoms with van der Waals surface area (Å²) in [4.78, 5) is 40.8. The van der Waals surface area contributed by atoms with Gasteiger partial charge in [0.15, 0.2) is 23.0 Å². The van der Waals surface area contributed by atoms with E-state index in [4.69, 9.17) is 39.4 Å². The van der Waals surface area contributed by atoms with Gasteiger partial charge in [0, 0.05) is 55.5 Å². The fourth-order valence-electron chi connectivity index (χ4n) is 8.59. The van der Waals surface area contributed by atoms with Crippen molar-refractivity contribution in [1.82, 2.24) is 9.80 Å². The van der Waals surface area contributed by atoms with Crippen molar-refractivity contribution in [2.24, 2.45) is 20.8 Å². The molecule has 0 saturated carbocycles. The molecule has 4 heterocycles. The van der Waals surface area contributed by atoms with Crippen LogP contribution >= 0.6 is 0 Å². The maximum absolute atomic E-state index is 13.9. The third-order valence-electron chi connectivity index (χ3n) is 11.4. The summed E-state index contributed by atoms with van der Waals surface area (Å²) in [5, 5.41) is 0. The summed E-state index contributed by atoms with van der Waals surface area (Å²) in [6, 6.07) is 22.1. The van der Waals surface area contributed by atoms with Gasteiger partial charge in [-0.3, -0.25) is 19.6 Å². The zero-order chi connectivity index (χ0) is 42.3. The Hall–Kier alpha value is -6.56. The molecule has 2 N–H and O–H groups in total. The van der Waals surface area contributed by atoms with Crippen molar-refractivity contribution in [3.8, 4) is 28.7 Å². The van der Waals surface area contributed by atoms with Crippen LogP contribution in [0, 0.1) is 10.8 Å². The van der Waals surface area contributed by atoms with Crippen molar-refractivity contribution in [3.05, 3.63) is 107 Å². The number of anilines is 1. The molecule has 2 amide bonds. The lowest BCUT2D eigenvalue weighted by Gasteiger charge is -2.35. The van der Waals surface area contributed by atoms with Crippen molar-refractivity contribution < 1.29 is 33.3 Å². The van der Waals surface area contributed by atoms with Gasteiger partial charge < -0.3 is 39.2 Å². The first-order valence-electron chi connectivity index (χ1n) is 20.1. The van der Waals surface area contributed by atoms with Crippen LogP contribution in [0.15, 0.2) is 95.2 Å². The molecule has 4 aromatic rings. The lowest BCUT2D eigenvalue weighted by Crippen LogP contribution is -2.33. The number of hydrogen-bond acceptors (Lipinski definition) is 10. The summed E-state index contributed by atoms with van der Waals surface area (Å²) in [5.74, 6) is 2.44. The van der Waals surface area contributed by atoms with E-state index < -0.39 is 0 Å². The van der Waals surface area contributed by atoms with E-state index in [0.717, 1.165) is 34.4 Å². The Morgan fingerprint density at radius 2 is 1.05 bits per heavy atom. The zero-order valence-corrected chi connectivity index (χ0v) is 35.2. The minimum Gasteiger partial charge on any atom is -0.497 e. The highest BCUT2D eigenvalue weighted by atomic mass is 16.5. The van der Waals surface area contributed by atoms with Crippen LogP contribution < -0.4 is 29.4 Å². The number of benzene rings is 4. The largest absolute Gasteiger partial charge is 0.497 e. The molecular weight excluding hydrogens is 759 g/mol. The Morgan fingerprint density at radius 1 is 0.617 bits per heavy atom. The van der Waals surface area contributed by atoms with Crippen molar-refractivity contribution in [2.75, 3.05) is 40.3 Å². The maximum Gasteiger partial charge on any atom is 0.260 e. The molecule has 0 spiro atoms. The second kappa shape index (κ2) is 15.9. The average Bonchev–Trinajstić information content (AvgIpc) is 3.82. The Balaban J connectivity index is 0.918. The van der Waals surface area contributed by atoms with Crippen LogP contribution in [0.4, 0.5) is 17.1 Å². The zero-order valence-electron chi connectivity index (χ0n) is 35.2. The number of amides is 2. The number of fused-ring (bicyclic) bond motifs is 4. The van der Waals surface area contributed by atoms with Gasteiger partial charge in [0.05, 0.1) is 69.1 Å². The summed E-state index contributed by atoms with van der Waals surface area (Å²) in [5.41, 5.74) is 12.1. The Kier molecular flexibility index (Phi) is 10.7. The lowest BCUT2D eigenvalue weighted by molar-refractivity contribution is 0.0789. The molecule has 8 rings (SSSR count). The number of hydrogen-bond donors (Lipinski definition) is 1. The standard InChI is InChI=1S/C48H51N5O7/c1-47(2,27-59-43-20-39-37(18-41(43)57-6)45(54)52-24-31(16-34(52)22-50-39)29-8-12-33(49)13-9-29)26-48(3,4)28-60-44-21-40-38(19-42(44)58-7)46(55)53-25-32(17-35(53)23-51-40)30-10-14-36(56-5)15-11-30/h8-15,18-25,34-35H,16-17,26-28,49H2,1-7H3. The van der Waals surface area contributed by atoms with E-state index in [9.17, 15) is 9.59 Å². The first-order valence-corrected chi connectivity index (χ1v) is 20.1. The monoisotopic (exact) mass is 809 g/mol. The minimum absolute atomic E-state index is 0.144. The van der Waals surface area contributed by atoms with Crippen molar-refractivity contribution in [2.45, 2.75) is 59.0 Å². The number of aliphatic imine (C=N–C) groups is 2. The van der Waals surface area contributed by atoms with Gasteiger partial charge in [0.25, 0.3) is 11.8 Å². The number of nitrogen functional groups attached to an aromatic ring is 1. The van der Waals surface area contributed by atoms with Crippen LogP contribution in [-0.4, -0.2) is 80.7 Å². The predicted molar refractivity (Wildman–Crippen MR) is 234 cm³/mol. The number of methoxy groups -OCH3 is 3. The SMILES string of the molecule is COc1ccc(C2=CN3C(=O)c4cc(OC)c(OCC(C)(C)CC(C)(C)COc5cc6c(cc5OC)C(=O)N5C=C(c7ccc(N)cc7)CC5C=N6)cc4N=CC3C2)cc1. The molecule has 4 aliphatic rings. The molecule has 0 saturated heterocycles. The molecule has 0 fully saturated rings. The Morgan fingerprint density at radius 3 is 1.47 bits per heavy atom. The Bertz CT molecular complexity index is 2450. The summed E-state index contributed by atoms with van der Waals surface area (Å²) in [6.07, 6.45) is 9.53. The molecule has 4 aliphatic heterocycles. The number of carbonyl (C=O) groups excluding carboxylic acids is 2. The van der Waals surface area contributed by atoms with E-state index in [1.165, 1.54) is 0 Å². The molecule has 0 aliphatic carbocycles. The van der Waals surface area contributed by atoms with Gasteiger partial charge in [-0.1, -0.05) is 52.0 Å². The molecule has 2 unspecified atom stereocenters. The smallest absolute Gasteiger partial charge is 0.260 e. The highest BCUT2D eigenvalue weighted by molar-refractivity contribution is 6.06. The third-order valence-corrected chi connectivity index (χ3v) is 11.4. The molecule has 12 heteroatoms. The Labute approximate surface area is 350 Å². The van der Waals surface area contributed by atoms with Gasteiger partial charge in [-0.15, -0.1) is 0 Å². The number of nitrogens with zero attached hydrogens (tertiary/aromatic N) is 4. The van der Waals surface area contributed by atoms with E-state index in [-0.39, 0.29) is 34.7 Å². The fraction of sp³-hybridized carbons (Fsp3) is 0.333. The molecule has 60 heavy (non-hydrogen) atoms. The van der Waals surface area contributed by atoms with Gasteiger partial charge in [-0.25, -0.2) is 0 Å². The van der Waals surface area contributed by atoms with Gasteiger partial charge in [-0.2, -0.15) is 0 Å². The van der Waals surface area contributed by atoms with Crippen LogP contribution in [-0.2, 0) is 0 Å². The molecule has 12 nitrogen and oxygen atoms in total. The maximum atomic E-state index is 13.9. The first-order chi connectivity index (χ1) is 28.7. The number of ether oxygens (including phenoxy) is 5. The van der Waals surface area contributed by atoms with E-state index in [1.54, 1.807) is 55.4 Å². The van der Waals surface area contributed by atoms with E-state index >= 15 is 0 Å². The number of carbonyl (C=O) groups is 2. The lowest BCUT2D eigenvalue weighted by atomic mass is 9.76. The van der Waals surface area contributed by atoms with Gasteiger partial charge in [0.2, 0.25) is 0 Å². The van der Waals surface area contributed by atoms with Crippen LogP contribution in [0.3, 0.4) is 0 Å². The summed E-state index contributed by atoms with van der Waals surface area (Å²) < 4.78 is 29.7. The van der Waals surface area contributed by atoms with Crippen LogP contribution in [0.1, 0.15) is 78.8 Å². The quantitative estimate of drug-likeness (QED) is 0.132. The highest BCUT2D eigenvalue weighted by Gasteiger charge is 2.36. The van der Waals surface area contributed by atoms with Crippen LogP contribution in [0.25, 0.3) is 11.1 Å². The number of nitrogens with two attached hydrogens (primary N) is 1. The normalized spacial score (nSPS) is 18.1. The van der Waals surface area contributed by atoms with Crippen molar-refractivity contribution in [3.63, 3.8) is 0 Å². The fourth-order valence-corrected chi connectivity index (χ4v) is 8.59.